The number of aryl methyl sites for hydroxylation is 1. The minimum atomic E-state index is -0.525. The third-order valence-corrected chi connectivity index (χ3v) is 5.00. The van der Waals surface area contributed by atoms with Crippen LogP contribution in [0, 0.1) is 12.7 Å². The Morgan fingerprint density at radius 2 is 2.15 bits per heavy atom. The molecule has 0 amide bonds. The van der Waals surface area contributed by atoms with Gasteiger partial charge in [-0.3, -0.25) is 4.99 Å². The first kappa shape index (κ1) is 16.9. The first-order chi connectivity index (χ1) is 12.5. The van der Waals surface area contributed by atoms with Gasteiger partial charge in [-0.25, -0.2) is 9.37 Å². The molecule has 1 aromatic carbocycles. The Labute approximate surface area is 157 Å². The van der Waals surface area contributed by atoms with E-state index in [1.54, 1.807) is 19.2 Å². The van der Waals surface area contributed by atoms with Crippen LogP contribution in [0.25, 0.3) is 5.57 Å². The molecule has 0 spiro atoms. The van der Waals surface area contributed by atoms with E-state index < -0.39 is 11.9 Å². The smallest absolute Gasteiger partial charge is 0.258 e. The molecule has 4 rings (SSSR count). The highest BCUT2D eigenvalue weighted by Crippen LogP contribution is 2.40. The van der Waals surface area contributed by atoms with Crippen molar-refractivity contribution in [1.82, 2.24) is 20.4 Å². The fourth-order valence-corrected chi connectivity index (χ4v) is 3.62. The fraction of sp³-hybridized carbons (Fsp3) is 0.176. The average Bonchev–Trinajstić information content (AvgIpc) is 3.26. The van der Waals surface area contributed by atoms with Crippen LogP contribution in [-0.2, 0) is 0 Å². The highest BCUT2D eigenvalue weighted by atomic mass is 35.5. The van der Waals surface area contributed by atoms with E-state index in [9.17, 15) is 4.39 Å². The fourth-order valence-electron chi connectivity index (χ4n) is 2.76. The van der Waals surface area contributed by atoms with E-state index in [1.165, 1.54) is 23.5 Å². The predicted octanol–water partition coefficient (Wildman–Crippen LogP) is 4.15. The van der Waals surface area contributed by atoms with Gasteiger partial charge in [-0.05, 0) is 26.0 Å². The van der Waals surface area contributed by atoms with E-state index in [2.05, 4.69) is 20.4 Å². The zero-order valence-corrected chi connectivity index (χ0v) is 15.4. The van der Waals surface area contributed by atoms with Gasteiger partial charge in [-0.1, -0.05) is 22.8 Å². The number of amidine groups is 1. The molecular formula is C17H13ClFN5OS. The Hall–Kier alpha value is -2.58. The van der Waals surface area contributed by atoms with Gasteiger partial charge in [0.05, 0.1) is 5.57 Å². The van der Waals surface area contributed by atoms with Gasteiger partial charge >= 0.3 is 0 Å². The van der Waals surface area contributed by atoms with Gasteiger partial charge in [0.1, 0.15) is 11.9 Å². The Kier molecular flexibility index (Phi) is 4.29. The normalized spacial score (nSPS) is 17.2. The summed E-state index contributed by atoms with van der Waals surface area (Å²) in [6.07, 6.45) is 1.71. The van der Waals surface area contributed by atoms with E-state index in [1.807, 2.05) is 12.3 Å². The number of aromatic nitrogens is 3. The van der Waals surface area contributed by atoms with Crippen LogP contribution >= 0.6 is 22.9 Å². The molecule has 3 heterocycles. The molecule has 0 bridgehead atoms. The summed E-state index contributed by atoms with van der Waals surface area (Å²) < 4.78 is 18.9. The largest absolute Gasteiger partial charge is 0.341 e. The summed E-state index contributed by atoms with van der Waals surface area (Å²) in [6, 6.07) is 3.72. The number of halogens is 2. The molecule has 3 aromatic rings. The quantitative estimate of drug-likeness (QED) is 0.728. The standard InChI is InChI=1S/C17H13ClFN5OS/c1-8-13(16-22-9(2)24-25-16)14(11-4-3-10(19)7-12(11)18)23-15(21-8)17-20-5-6-26-17/h3-7,14H,1-2H3,(H,21,23). The average molecular weight is 390 g/mol. The molecule has 1 atom stereocenters. The maximum Gasteiger partial charge on any atom is 0.258 e. The SMILES string of the molecule is CC1=C(c2nc(C)no2)C(c2ccc(F)cc2Cl)N=C(c2nccs2)N1. The van der Waals surface area contributed by atoms with Gasteiger partial charge in [-0.2, -0.15) is 4.98 Å². The Bertz CT molecular complexity index is 1030. The van der Waals surface area contributed by atoms with Crippen molar-refractivity contribution in [2.75, 3.05) is 0 Å². The number of nitrogens with one attached hydrogen (secondary N) is 1. The number of nitrogens with zero attached hydrogens (tertiary/aromatic N) is 4. The summed E-state index contributed by atoms with van der Waals surface area (Å²) in [4.78, 5) is 13.4. The molecule has 1 aliphatic heterocycles. The van der Waals surface area contributed by atoms with Crippen molar-refractivity contribution < 1.29 is 8.91 Å². The second kappa shape index (κ2) is 6.62. The monoisotopic (exact) mass is 389 g/mol. The van der Waals surface area contributed by atoms with Gasteiger partial charge in [0.15, 0.2) is 16.7 Å². The third-order valence-electron chi connectivity index (χ3n) is 3.89. The zero-order valence-electron chi connectivity index (χ0n) is 13.8. The molecule has 6 nitrogen and oxygen atoms in total. The minimum Gasteiger partial charge on any atom is -0.341 e. The summed E-state index contributed by atoms with van der Waals surface area (Å²) >= 11 is 7.77. The van der Waals surface area contributed by atoms with Crippen molar-refractivity contribution in [2.45, 2.75) is 19.9 Å². The first-order valence-corrected chi connectivity index (χ1v) is 9.00. The van der Waals surface area contributed by atoms with Crippen LogP contribution in [0.3, 0.4) is 0 Å². The van der Waals surface area contributed by atoms with Crippen LogP contribution in [0.15, 0.2) is 45.0 Å². The van der Waals surface area contributed by atoms with Crippen LogP contribution in [0.4, 0.5) is 4.39 Å². The van der Waals surface area contributed by atoms with Crippen molar-refractivity contribution >= 4 is 34.3 Å². The second-order valence-electron chi connectivity index (χ2n) is 5.69. The Morgan fingerprint density at radius 3 is 2.81 bits per heavy atom. The lowest BCUT2D eigenvalue weighted by molar-refractivity contribution is 0.399. The van der Waals surface area contributed by atoms with Gasteiger partial charge in [0, 0.05) is 27.9 Å². The summed E-state index contributed by atoms with van der Waals surface area (Å²) in [7, 11) is 0. The number of thiazole rings is 1. The number of aliphatic imine (C=N–C) groups is 1. The molecule has 1 N–H and O–H groups in total. The van der Waals surface area contributed by atoms with Crippen LogP contribution < -0.4 is 5.32 Å². The van der Waals surface area contributed by atoms with Gasteiger partial charge < -0.3 is 9.84 Å². The zero-order chi connectivity index (χ0) is 18.3. The lowest BCUT2D eigenvalue weighted by Crippen LogP contribution is -2.29. The molecular weight excluding hydrogens is 377 g/mol. The van der Waals surface area contributed by atoms with E-state index >= 15 is 0 Å². The van der Waals surface area contributed by atoms with Crippen LogP contribution in [-0.4, -0.2) is 21.0 Å². The highest BCUT2D eigenvalue weighted by Gasteiger charge is 2.31. The molecule has 9 heteroatoms. The number of benzene rings is 1. The van der Waals surface area contributed by atoms with Gasteiger partial charge in [-0.15, -0.1) is 11.3 Å². The predicted molar refractivity (Wildman–Crippen MR) is 97.6 cm³/mol. The molecule has 26 heavy (non-hydrogen) atoms. The van der Waals surface area contributed by atoms with E-state index in [0.29, 0.717) is 28.7 Å². The lowest BCUT2D eigenvalue weighted by Gasteiger charge is -2.25. The molecule has 1 unspecified atom stereocenters. The van der Waals surface area contributed by atoms with E-state index in [-0.39, 0.29) is 5.02 Å². The Balaban J connectivity index is 1.88. The highest BCUT2D eigenvalue weighted by molar-refractivity contribution is 7.11. The molecule has 0 radical (unpaired) electrons. The molecule has 2 aromatic heterocycles. The number of hydrogen-bond acceptors (Lipinski definition) is 7. The maximum atomic E-state index is 13.5. The minimum absolute atomic E-state index is 0.278. The number of rotatable bonds is 3. The van der Waals surface area contributed by atoms with E-state index in [0.717, 1.165) is 10.7 Å². The summed E-state index contributed by atoms with van der Waals surface area (Å²) in [5.41, 5.74) is 2.13. The first-order valence-electron chi connectivity index (χ1n) is 7.74. The lowest BCUT2D eigenvalue weighted by atomic mass is 9.95. The number of hydrogen-bond donors (Lipinski definition) is 1. The third kappa shape index (κ3) is 3.02. The van der Waals surface area contributed by atoms with Gasteiger partial charge in [0.2, 0.25) is 0 Å². The summed E-state index contributed by atoms with van der Waals surface area (Å²) in [5.74, 6) is 1.06. The van der Waals surface area contributed by atoms with Crippen molar-refractivity contribution in [2.24, 2.45) is 4.99 Å². The van der Waals surface area contributed by atoms with Crippen molar-refractivity contribution in [3.8, 4) is 0 Å². The topological polar surface area (TPSA) is 76.2 Å². The maximum absolute atomic E-state index is 13.5. The van der Waals surface area contributed by atoms with Crippen molar-refractivity contribution in [1.29, 1.82) is 0 Å². The second-order valence-corrected chi connectivity index (χ2v) is 7.00. The molecule has 0 saturated heterocycles. The van der Waals surface area contributed by atoms with Crippen molar-refractivity contribution in [3.05, 3.63) is 68.6 Å². The number of allylic oxidation sites excluding steroid dienone is 1. The van der Waals surface area contributed by atoms with Crippen LogP contribution in [0.1, 0.15) is 35.3 Å². The van der Waals surface area contributed by atoms with Gasteiger partial charge in [0.25, 0.3) is 5.89 Å². The summed E-state index contributed by atoms with van der Waals surface area (Å²) in [5, 5.41) is 9.99. The molecule has 132 valence electrons. The van der Waals surface area contributed by atoms with E-state index in [4.69, 9.17) is 21.1 Å². The molecule has 1 aliphatic rings. The molecule has 0 fully saturated rings. The van der Waals surface area contributed by atoms with Crippen LogP contribution in [0.5, 0.6) is 0 Å². The molecule has 0 saturated carbocycles. The summed E-state index contributed by atoms with van der Waals surface area (Å²) in [6.45, 7) is 3.63. The van der Waals surface area contributed by atoms with Crippen molar-refractivity contribution in [3.63, 3.8) is 0 Å². The molecule has 0 aliphatic carbocycles. The Morgan fingerprint density at radius 1 is 1.31 bits per heavy atom. The van der Waals surface area contributed by atoms with Crippen LogP contribution in [0.2, 0.25) is 5.02 Å².